The monoisotopic (exact) mass is 389 g/mol. The predicted molar refractivity (Wildman–Crippen MR) is 100 cm³/mol. The first-order chi connectivity index (χ1) is 13.2. The van der Waals surface area contributed by atoms with Crippen molar-refractivity contribution in [3.8, 4) is 5.75 Å². The summed E-state index contributed by atoms with van der Waals surface area (Å²) in [5.74, 6) is -0.0475. The third-order valence-electron chi connectivity index (χ3n) is 4.51. The van der Waals surface area contributed by atoms with E-state index < -0.39 is 6.10 Å². The molecule has 2 aliphatic heterocycles. The number of benzene rings is 1. The fraction of sp³-hybridized carbons (Fsp3) is 0.389. The molecule has 1 fully saturated rings. The highest BCUT2D eigenvalue weighted by Crippen LogP contribution is 2.29. The summed E-state index contributed by atoms with van der Waals surface area (Å²) in [5, 5.41) is 8.02. The number of hydrogen-bond acceptors (Lipinski definition) is 6. The van der Waals surface area contributed by atoms with Gasteiger partial charge in [0.1, 0.15) is 31.1 Å². The SMILES string of the molecule is O=C(C[C@H]1Oc2ccccc2NC1=O)Nc1nc(C[NH+]2CCOCC2)cs1. The van der Waals surface area contributed by atoms with E-state index in [1.165, 1.54) is 16.2 Å². The molecule has 1 atom stereocenters. The molecule has 2 aromatic rings. The van der Waals surface area contributed by atoms with E-state index in [-0.39, 0.29) is 18.2 Å². The first kappa shape index (κ1) is 17.9. The summed E-state index contributed by atoms with van der Waals surface area (Å²) in [6.07, 6.45) is -0.916. The van der Waals surface area contributed by atoms with Gasteiger partial charge in [0.2, 0.25) is 5.91 Å². The third kappa shape index (κ3) is 4.44. The molecule has 0 bridgehead atoms. The molecule has 0 saturated carbocycles. The van der Waals surface area contributed by atoms with Gasteiger partial charge in [-0.15, -0.1) is 11.3 Å². The quantitative estimate of drug-likeness (QED) is 0.683. The maximum absolute atomic E-state index is 12.3. The standard InChI is InChI=1S/C18H20N4O4S/c23-16(9-15-17(24)20-13-3-1-2-4-14(13)26-15)21-18-19-12(11-27-18)10-22-5-7-25-8-6-22/h1-4,11,15H,5-10H2,(H,20,24)(H,19,21,23)/p+1/t15-/m1/s1. The molecule has 8 nitrogen and oxygen atoms in total. The number of amides is 2. The van der Waals surface area contributed by atoms with Gasteiger partial charge in [-0.3, -0.25) is 9.59 Å². The first-order valence-corrected chi connectivity index (χ1v) is 9.77. The van der Waals surface area contributed by atoms with E-state index in [2.05, 4.69) is 15.6 Å². The highest BCUT2D eigenvalue weighted by atomic mass is 32.1. The molecule has 2 aliphatic rings. The molecule has 3 N–H and O–H groups in total. The fourth-order valence-electron chi connectivity index (χ4n) is 3.10. The van der Waals surface area contributed by atoms with E-state index in [1.54, 1.807) is 12.1 Å². The lowest BCUT2D eigenvalue weighted by atomic mass is 10.1. The molecule has 0 radical (unpaired) electrons. The number of rotatable bonds is 5. The number of aromatic nitrogens is 1. The van der Waals surface area contributed by atoms with E-state index in [4.69, 9.17) is 9.47 Å². The first-order valence-electron chi connectivity index (χ1n) is 8.89. The zero-order valence-electron chi connectivity index (χ0n) is 14.7. The Morgan fingerprint density at radius 1 is 1.33 bits per heavy atom. The van der Waals surface area contributed by atoms with Crippen LogP contribution in [0.3, 0.4) is 0 Å². The summed E-state index contributed by atoms with van der Waals surface area (Å²) in [6.45, 7) is 4.30. The molecular formula is C18H21N4O4S+. The van der Waals surface area contributed by atoms with Crippen molar-refractivity contribution in [3.63, 3.8) is 0 Å². The normalized spacial score (nSPS) is 19.7. The Bertz CT molecular complexity index is 834. The molecule has 27 heavy (non-hydrogen) atoms. The van der Waals surface area contributed by atoms with Crippen LogP contribution in [0.1, 0.15) is 12.1 Å². The fourth-order valence-corrected chi connectivity index (χ4v) is 3.83. The Kier molecular flexibility index (Phi) is 5.33. The van der Waals surface area contributed by atoms with Crippen molar-refractivity contribution in [2.45, 2.75) is 19.1 Å². The zero-order chi connectivity index (χ0) is 18.6. The van der Waals surface area contributed by atoms with E-state index in [9.17, 15) is 9.59 Å². The van der Waals surface area contributed by atoms with Crippen LogP contribution in [0.2, 0.25) is 0 Å². The Balaban J connectivity index is 1.31. The summed E-state index contributed by atoms with van der Waals surface area (Å²) >= 11 is 1.39. The highest BCUT2D eigenvalue weighted by molar-refractivity contribution is 7.13. The molecule has 142 valence electrons. The average Bonchev–Trinajstić information content (AvgIpc) is 3.10. The largest absolute Gasteiger partial charge is 0.478 e. The molecule has 1 aromatic carbocycles. The Morgan fingerprint density at radius 2 is 2.15 bits per heavy atom. The number of fused-ring (bicyclic) bond motifs is 1. The number of ether oxygens (including phenoxy) is 2. The number of para-hydroxylation sites is 2. The maximum atomic E-state index is 12.3. The van der Waals surface area contributed by atoms with Crippen LogP contribution in [0.4, 0.5) is 10.8 Å². The van der Waals surface area contributed by atoms with Crippen LogP contribution in [0, 0.1) is 0 Å². The van der Waals surface area contributed by atoms with Crippen LogP contribution in [0.15, 0.2) is 29.6 Å². The van der Waals surface area contributed by atoms with Gasteiger partial charge in [0, 0.05) is 5.38 Å². The topological polar surface area (TPSA) is 94.0 Å². The number of morpholine rings is 1. The molecule has 4 rings (SSSR count). The number of carbonyl (C=O) groups is 2. The van der Waals surface area contributed by atoms with Gasteiger partial charge in [-0.2, -0.15) is 0 Å². The van der Waals surface area contributed by atoms with Gasteiger partial charge >= 0.3 is 0 Å². The highest BCUT2D eigenvalue weighted by Gasteiger charge is 2.29. The maximum Gasteiger partial charge on any atom is 0.266 e. The number of nitrogens with one attached hydrogen (secondary N) is 3. The molecule has 1 saturated heterocycles. The Labute approximate surface area is 160 Å². The smallest absolute Gasteiger partial charge is 0.266 e. The van der Waals surface area contributed by atoms with Gasteiger partial charge in [0.25, 0.3) is 5.91 Å². The minimum atomic E-state index is -0.850. The van der Waals surface area contributed by atoms with Crippen molar-refractivity contribution in [1.82, 2.24) is 4.98 Å². The molecule has 0 spiro atoms. The third-order valence-corrected chi connectivity index (χ3v) is 5.31. The molecule has 0 aliphatic carbocycles. The molecular weight excluding hydrogens is 368 g/mol. The number of hydrogen-bond donors (Lipinski definition) is 3. The second-order valence-corrected chi connectivity index (χ2v) is 7.39. The van der Waals surface area contributed by atoms with E-state index in [0.717, 1.165) is 38.5 Å². The van der Waals surface area contributed by atoms with Crippen molar-refractivity contribution in [2.24, 2.45) is 0 Å². The summed E-state index contributed by atoms with van der Waals surface area (Å²) in [7, 11) is 0. The number of quaternary nitrogens is 1. The molecule has 9 heteroatoms. The number of carbonyl (C=O) groups excluding carboxylic acids is 2. The molecule has 1 aromatic heterocycles. The van der Waals surface area contributed by atoms with Crippen molar-refractivity contribution in [3.05, 3.63) is 35.3 Å². The van der Waals surface area contributed by atoms with Crippen molar-refractivity contribution in [2.75, 3.05) is 36.9 Å². The number of anilines is 2. The van der Waals surface area contributed by atoms with Crippen LogP contribution < -0.4 is 20.3 Å². The number of nitrogens with zero attached hydrogens (tertiary/aromatic N) is 1. The number of thiazole rings is 1. The van der Waals surface area contributed by atoms with Gasteiger partial charge in [-0.25, -0.2) is 4.98 Å². The Hall–Kier alpha value is -2.49. The van der Waals surface area contributed by atoms with Gasteiger partial charge in [-0.1, -0.05) is 12.1 Å². The average molecular weight is 389 g/mol. The summed E-state index contributed by atoms with van der Waals surface area (Å²) in [5.41, 5.74) is 1.57. The van der Waals surface area contributed by atoms with Crippen LogP contribution in [-0.4, -0.2) is 49.2 Å². The summed E-state index contributed by atoms with van der Waals surface area (Å²) in [6, 6.07) is 7.16. The van der Waals surface area contributed by atoms with E-state index in [1.807, 2.05) is 17.5 Å². The van der Waals surface area contributed by atoms with Gasteiger partial charge in [0.15, 0.2) is 11.2 Å². The predicted octanol–water partition coefficient (Wildman–Crippen LogP) is 0.287. The van der Waals surface area contributed by atoms with Crippen molar-refractivity contribution in [1.29, 1.82) is 0 Å². The molecule has 0 unspecified atom stereocenters. The molecule has 2 amide bonds. The lowest BCUT2D eigenvalue weighted by Crippen LogP contribution is -3.12. The van der Waals surface area contributed by atoms with E-state index in [0.29, 0.717) is 16.6 Å². The van der Waals surface area contributed by atoms with Gasteiger partial charge in [-0.05, 0) is 12.1 Å². The summed E-state index contributed by atoms with van der Waals surface area (Å²) < 4.78 is 11.0. The van der Waals surface area contributed by atoms with Gasteiger partial charge < -0.3 is 25.0 Å². The minimum absolute atomic E-state index is 0.0657. The van der Waals surface area contributed by atoms with Crippen LogP contribution >= 0.6 is 11.3 Å². The lowest BCUT2D eigenvalue weighted by Gasteiger charge is -2.25. The zero-order valence-corrected chi connectivity index (χ0v) is 15.5. The van der Waals surface area contributed by atoms with Crippen molar-refractivity contribution < 1.29 is 24.0 Å². The van der Waals surface area contributed by atoms with Gasteiger partial charge in [0.05, 0.1) is 25.3 Å². The summed E-state index contributed by atoms with van der Waals surface area (Å²) in [4.78, 5) is 30.3. The van der Waals surface area contributed by atoms with Crippen molar-refractivity contribution >= 4 is 34.0 Å². The van der Waals surface area contributed by atoms with Crippen LogP contribution in [0.5, 0.6) is 5.75 Å². The van der Waals surface area contributed by atoms with E-state index >= 15 is 0 Å². The van der Waals surface area contributed by atoms with Crippen LogP contribution in [-0.2, 0) is 20.9 Å². The van der Waals surface area contributed by atoms with Crippen LogP contribution in [0.25, 0.3) is 0 Å². The minimum Gasteiger partial charge on any atom is -0.478 e. The second-order valence-electron chi connectivity index (χ2n) is 6.53. The Morgan fingerprint density at radius 3 is 3.00 bits per heavy atom. The molecule has 3 heterocycles. The lowest BCUT2D eigenvalue weighted by molar-refractivity contribution is -0.921. The second kappa shape index (κ2) is 8.03.